The molecule has 0 atom stereocenters. The van der Waals surface area contributed by atoms with Crippen molar-refractivity contribution in [2.75, 3.05) is 0 Å². The lowest BCUT2D eigenvalue weighted by molar-refractivity contribution is 0.00578. The van der Waals surface area contributed by atoms with Crippen LogP contribution >= 0.6 is 0 Å². The second-order valence-corrected chi connectivity index (χ2v) is 10.4. The summed E-state index contributed by atoms with van der Waals surface area (Å²) in [5, 5.41) is 4.36. The molecule has 0 N–H and O–H groups in total. The maximum absolute atomic E-state index is 6.49. The van der Waals surface area contributed by atoms with E-state index in [0.29, 0.717) is 0 Å². The fourth-order valence-corrected chi connectivity index (χ4v) is 5.25. The lowest BCUT2D eigenvalue weighted by Gasteiger charge is -2.32. The molecular weight excluding hydrogens is 435 g/mol. The molecule has 7 rings (SSSR count). The lowest BCUT2D eigenvalue weighted by Crippen LogP contribution is -2.41. The number of hydrogen-bond acceptors (Lipinski definition) is 4. The molecule has 0 spiro atoms. The van der Waals surface area contributed by atoms with E-state index in [1.807, 2.05) is 30.3 Å². The van der Waals surface area contributed by atoms with Gasteiger partial charge >= 0.3 is 7.12 Å². The average molecular weight is 460 g/mol. The number of rotatable bonds is 2. The van der Waals surface area contributed by atoms with Gasteiger partial charge in [-0.05, 0) is 57.0 Å². The molecule has 0 bridgehead atoms. The van der Waals surface area contributed by atoms with E-state index >= 15 is 0 Å². The molecule has 4 aromatic carbocycles. The third kappa shape index (κ3) is 2.89. The zero-order chi connectivity index (χ0) is 23.9. The van der Waals surface area contributed by atoms with Gasteiger partial charge in [0.2, 0.25) is 0 Å². The highest BCUT2D eigenvalue weighted by Crippen LogP contribution is 2.43. The van der Waals surface area contributed by atoms with Gasteiger partial charge < -0.3 is 18.1 Å². The van der Waals surface area contributed by atoms with Gasteiger partial charge in [0.25, 0.3) is 0 Å². The van der Waals surface area contributed by atoms with Crippen LogP contribution in [0.3, 0.4) is 0 Å². The van der Waals surface area contributed by atoms with E-state index in [2.05, 4.69) is 76.2 Å². The smallest absolute Gasteiger partial charge is 0.456 e. The first-order valence-electron chi connectivity index (χ1n) is 12.0. The second kappa shape index (κ2) is 7.00. The predicted molar refractivity (Wildman–Crippen MR) is 142 cm³/mol. The quantitative estimate of drug-likeness (QED) is 0.252. The van der Waals surface area contributed by atoms with E-state index in [4.69, 9.17) is 18.1 Å². The maximum atomic E-state index is 6.49. The number of furan rings is 2. The molecule has 0 aliphatic carbocycles. The summed E-state index contributed by atoms with van der Waals surface area (Å²) in [6, 6.07) is 26.9. The molecule has 1 aliphatic rings. The maximum Gasteiger partial charge on any atom is 0.498 e. The summed E-state index contributed by atoms with van der Waals surface area (Å²) in [5.41, 5.74) is 5.73. The largest absolute Gasteiger partial charge is 0.498 e. The number of hydrogen-bond donors (Lipinski definition) is 0. The summed E-state index contributed by atoms with van der Waals surface area (Å²) in [6.07, 6.45) is 0. The SMILES string of the molecule is CC1(C)OB(c2cccc3c2oc2cccc(-c4cccc5oc6ccccc6c45)c23)OC1(C)C. The van der Waals surface area contributed by atoms with Crippen molar-refractivity contribution in [3.8, 4) is 11.1 Å². The molecule has 35 heavy (non-hydrogen) atoms. The van der Waals surface area contributed by atoms with E-state index in [1.54, 1.807) is 0 Å². The van der Waals surface area contributed by atoms with Crippen molar-refractivity contribution in [1.82, 2.24) is 0 Å². The van der Waals surface area contributed by atoms with Crippen molar-refractivity contribution >= 4 is 56.5 Å². The van der Waals surface area contributed by atoms with Crippen LogP contribution in [0.25, 0.3) is 55.0 Å². The summed E-state index contributed by atoms with van der Waals surface area (Å²) >= 11 is 0. The third-order valence-electron chi connectivity index (χ3n) is 7.75. The van der Waals surface area contributed by atoms with Gasteiger partial charge in [0.15, 0.2) is 0 Å². The van der Waals surface area contributed by atoms with Crippen LogP contribution in [0.1, 0.15) is 27.7 Å². The molecular formula is C30H25BO4. The van der Waals surface area contributed by atoms with E-state index in [9.17, 15) is 0 Å². The molecule has 1 saturated heterocycles. The first-order chi connectivity index (χ1) is 16.8. The minimum absolute atomic E-state index is 0.422. The van der Waals surface area contributed by atoms with Crippen LogP contribution in [0.2, 0.25) is 0 Å². The molecule has 0 unspecified atom stereocenters. The fourth-order valence-electron chi connectivity index (χ4n) is 5.25. The van der Waals surface area contributed by atoms with Gasteiger partial charge in [0.1, 0.15) is 22.3 Å². The monoisotopic (exact) mass is 460 g/mol. The van der Waals surface area contributed by atoms with Crippen molar-refractivity contribution in [2.24, 2.45) is 0 Å². The van der Waals surface area contributed by atoms with Gasteiger partial charge in [-0.2, -0.15) is 0 Å². The van der Waals surface area contributed by atoms with Crippen molar-refractivity contribution in [2.45, 2.75) is 38.9 Å². The van der Waals surface area contributed by atoms with Gasteiger partial charge in [-0.25, -0.2) is 0 Å². The van der Waals surface area contributed by atoms with Gasteiger partial charge in [-0.1, -0.05) is 60.7 Å². The van der Waals surface area contributed by atoms with Crippen LogP contribution in [0.4, 0.5) is 0 Å². The summed E-state index contributed by atoms with van der Waals surface area (Å²) in [6.45, 7) is 8.28. The Balaban J connectivity index is 1.50. The van der Waals surface area contributed by atoms with Crippen LogP contribution in [0.5, 0.6) is 0 Å². The zero-order valence-electron chi connectivity index (χ0n) is 20.2. The van der Waals surface area contributed by atoms with E-state index in [1.165, 1.54) is 0 Å². The van der Waals surface area contributed by atoms with E-state index in [0.717, 1.165) is 60.5 Å². The lowest BCUT2D eigenvalue weighted by atomic mass is 9.78. The van der Waals surface area contributed by atoms with Gasteiger partial charge in [-0.15, -0.1) is 0 Å². The molecule has 0 radical (unpaired) electrons. The Hall–Kier alpha value is -3.54. The first-order valence-corrected chi connectivity index (χ1v) is 12.0. The van der Waals surface area contributed by atoms with Gasteiger partial charge in [-0.3, -0.25) is 0 Å². The van der Waals surface area contributed by atoms with Crippen LogP contribution in [-0.2, 0) is 9.31 Å². The molecule has 5 heteroatoms. The Morgan fingerprint density at radius 1 is 0.543 bits per heavy atom. The fraction of sp³-hybridized carbons (Fsp3) is 0.200. The topological polar surface area (TPSA) is 44.7 Å². The Kier molecular flexibility index (Phi) is 4.16. The third-order valence-corrected chi connectivity index (χ3v) is 7.75. The molecule has 6 aromatic rings. The summed E-state index contributed by atoms with van der Waals surface area (Å²) in [4.78, 5) is 0. The number of fused-ring (bicyclic) bond motifs is 6. The molecule has 172 valence electrons. The Morgan fingerprint density at radius 2 is 1.09 bits per heavy atom. The standard InChI is InChI=1S/C30H25BO4/c1-29(2)30(3,4)35-31(34-29)22-14-7-13-21-27-19(12-9-17-25(27)33-28(21)22)18-11-8-16-24-26(18)20-10-5-6-15-23(20)32-24/h5-17H,1-4H3. The van der Waals surface area contributed by atoms with E-state index < -0.39 is 18.3 Å². The molecule has 1 fully saturated rings. The zero-order valence-corrected chi connectivity index (χ0v) is 20.2. The molecule has 3 heterocycles. The van der Waals surface area contributed by atoms with Crippen LogP contribution in [0, 0.1) is 0 Å². The van der Waals surface area contributed by atoms with Gasteiger partial charge in [0, 0.05) is 27.0 Å². The molecule has 2 aromatic heterocycles. The minimum Gasteiger partial charge on any atom is -0.456 e. The summed E-state index contributed by atoms with van der Waals surface area (Å²) in [5.74, 6) is 0. The second-order valence-electron chi connectivity index (χ2n) is 10.4. The minimum atomic E-state index is -0.492. The van der Waals surface area contributed by atoms with Crippen LogP contribution < -0.4 is 5.46 Å². The number of para-hydroxylation sites is 2. The highest BCUT2D eigenvalue weighted by Gasteiger charge is 2.52. The Morgan fingerprint density at radius 3 is 1.80 bits per heavy atom. The number of benzene rings is 4. The Labute approximate surface area is 203 Å². The van der Waals surface area contributed by atoms with E-state index in [-0.39, 0.29) is 0 Å². The van der Waals surface area contributed by atoms with Crippen LogP contribution in [0.15, 0.2) is 87.7 Å². The van der Waals surface area contributed by atoms with Crippen molar-refractivity contribution < 1.29 is 18.1 Å². The van der Waals surface area contributed by atoms with Gasteiger partial charge in [0.05, 0.1) is 11.2 Å². The molecule has 0 saturated carbocycles. The predicted octanol–water partition coefficient (Wildman–Crippen LogP) is 7.45. The Bertz CT molecular complexity index is 1760. The molecule has 4 nitrogen and oxygen atoms in total. The highest BCUT2D eigenvalue weighted by molar-refractivity contribution is 6.65. The summed E-state index contributed by atoms with van der Waals surface area (Å²) < 4.78 is 25.4. The van der Waals surface area contributed by atoms with Crippen molar-refractivity contribution in [3.63, 3.8) is 0 Å². The highest BCUT2D eigenvalue weighted by atomic mass is 16.7. The van der Waals surface area contributed by atoms with Crippen molar-refractivity contribution in [3.05, 3.63) is 78.9 Å². The normalized spacial score (nSPS) is 17.3. The molecule has 1 aliphatic heterocycles. The molecule has 0 amide bonds. The first kappa shape index (κ1) is 20.8. The van der Waals surface area contributed by atoms with Crippen molar-refractivity contribution in [1.29, 1.82) is 0 Å². The van der Waals surface area contributed by atoms with Crippen LogP contribution in [-0.4, -0.2) is 18.3 Å². The average Bonchev–Trinajstić information content (AvgIpc) is 3.47. The summed E-state index contributed by atoms with van der Waals surface area (Å²) in [7, 11) is -0.492.